The van der Waals surface area contributed by atoms with Crippen molar-refractivity contribution < 1.29 is 9.90 Å². The lowest BCUT2D eigenvalue weighted by atomic mass is 9.96. The molecule has 15 heavy (non-hydrogen) atoms. The van der Waals surface area contributed by atoms with Gasteiger partial charge in [-0.2, -0.15) is 0 Å². The van der Waals surface area contributed by atoms with Gasteiger partial charge in [-0.15, -0.1) is 0 Å². The van der Waals surface area contributed by atoms with Gasteiger partial charge < -0.3 is 10.0 Å². The first-order valence-electron chi connectivity index (χ1n) is 5.85. The minimum Gasteiger partial charge on any atom is -0.392 e. The molecule has 1 N–H and O–H groups in total. The largest absolute Gasteiger partial charge is 0.392 e. The van der Waals surface area contributed by atoms with E-state index in [9.17, 15) is 9.90 Å². The van der Waals surface area contributed by atoms with E-state index in [4.69, 9.17) is 0 Å². The number of likely N-dealkylation sites (tertiary alicyclic amines) is 2. The second-order valence-electron chi connectivity index (χ2n) is 4.80. The molecular formula is C11H20N2O2. The molecule has 86 valence electrons. The maximum Gasteiger partial charge on any atom is 0.236 e. The fourth-order valence-electron chi connectivity index (χ4n) is 2.11. The third kappa shape index (κ3) is 2.49. The average molecular weight is 212 g/mol. The van der Waals surface area contributed by atoms with Gasteiger partial charge in [0.05, 0.1) is 12.6 Å². The summed E-state index contributed by atoms with van der Waals surface area (Å²) < 4.78 is 0. The predicted molar refractivity (Wildman–Crippen MR) is 57.4 cm³/mol. The number of β-amino-alcohol motifs (C(OH)–C–C–N with tert-alkyl or cyclic N) is 1. The van der Waals surface area contributed by atoms with Crippen LogP contribution in [0.5, 0.6) is 0 Å². The van der Waals surface area contributed by atoms with E-state index in [1.54, 1.807) is 0 Å². The molecule has 2 heterocycles. The summed E-state index contributed by atoms with van der Waals surface area (Å²) in [5.74, 6) is 0.600. The van der Waals surface area contributed by atoms with Crippen LogP contribution in [0.2, 0.25) is 0 Å². The zero-order valence-electron chi connectivity index (χ0n) is 9.35. The SMILES string of the molecule is CC1CCN(CC(=O)N2CCC2)CC1O. The van der Waals surface area contributed by atoms with Crippen LogP contribution in [0.4, 0.5) is 0 Å². The Labute approximate surface area is 90.9 Å². The fourth-order valence-corrected chi connectivity index (χ4v) is 2.11. The minimum absolute atomic E-state index is 0.225. The van der Waals surface area contributed by atoms with E-state index >= 15 is 0 Å². The van der Waals surface area contributed by atoms with Gasteiger partial charge in [0.1, 0.15) is 0 Å². The second-order valence-corrected chi connectivity index (χ2v) is 4.80. The summed E-state index contributed by atoms with van der Waals surface area (Å²) in [6.07, 6.45) is 1.88. The molecule has 0 saturated carbocycles. The van der Waals surface area contributed by atoms with Crippen molar-refractivity contribution in [2.24, 2.45) is 5.92 Å². The van der Waals surface area contributed by atoms with Crippen LogP contribution in [0.15, 0.2) is 0 Å². The van der Waals surface area contributed by atoms with Crippen LogP contribution < -0.4 is 0 Å². The van der Waals surface area contributed by atoms with Gasteiger partial charge in [-0.3, -0.25) is 9.69 Å². The van der Waals surface area contributed by atoms with E-state index in [1.807, 2.05) is 4.90 Å². The summed E-state index contributed by atoms with van der Waals surface area (Å²) in [4.78, 5) is 15.7. The lowest BCUT2D eigenvalue weighted by Crippen LogP contribution is -2.50. The summed E-state index contributed by atoms with van der Waals surface area (Å²) in [6.45, 7) is 6.00. The molecule has 0 aromatic carbocycles. The lowest BCUT2D eigenvalue weighted by molar-refractivity contribution is -0.136. The zero-order chi connectivity index (χ0) is 10.8. The van der Waals surface area contributed by atoms with Gasteiger partial charge in [-0.05, 0) is 25.3 Å². The molecule has 4 heteroatoms. The number of carbonyl (C=O) groups is 1. The Morgan fingerprint density at radius 3 is 2.67 bits per heavy atom. The number of amides is 1. The molecule has 0 spiro atoms. The monoisotopic (exact) mass is 212 g/mol. The number of aliphatic hydroxyl groups excluding tert-OH is 1. The molecule has 0 bridgehead atoms. The Hall–Kier alpha value is -0.610. The van der Waals surface area contributed by atoms with Crippen LogP contribution in [0, 0.1) is 5.92 Å². The summed E-state index contributed by atoms with van der Waals surface area (Å²) in [7, 11) is 0. The quantitative estimate of drug-likeness (QED) is 0.696. The first kappa shape index (κ1) is 10.9. The number of hydrogen-bond donors (Lipinski definition) is 1. The molecule has 0 aromatic rings. The molecule has 2 atom stereocenters. The van der Waals surface area contributed by atoms with Crippen LogP contribution in [0.3, 0.4) is 0 Å². The maximum absolute atomic E-state index is 11.7. The highest BCUT2D eigenvalue weighted by Crippen LogP contribution is 2.17. The number of rotatable bonds is 2. The van der Waals surface area contributed by atoms with Crippen molar-refractivity contribution >= 4 is 5.91 Å². The van der Waals surface area contributed by atoms with Crippen LogP contribution in [0.25, 0.3) is 0 Å². The topological polar surface area (TPSA) is 43.8 Å². The number of piperidine rings is 1. The van der Waals surface area contributed by atoms with Gasteiger partial charge in [0.15, 0.2) is 0 Å². The third-order valence-corrected chi connectivity index (χ3v) is 3.57. The third-order valence-electron chi connectivity index (χ3n) is 3.57. The minimum atomic E-state index is -0.261. The van der Waals surface area contributed by atoms with Crippen molar-refractivity contribution in [3.8, 4) is 0 Å². The Morgan fingerprint density at radius 2 is 2.13 bits per heavy atom. The molecule has 0 aromatic heterocycles. The zero-order valence-corrected chi connectivity index (χ0v) is 9.35. The van der Waals surface area contributed by atoms with Crippen molar-refractivity contribution in [3.05, 3.63) is 0 Å². The highest BCUT2D eigenvalue weighted by Gasteiger charge is 2.28. The summed E-state index contributed by atoms with van der Waals surface area (Å²) in [6, 6.07) is 0. The van der Waals surface area contributed by atoms with Crippen LogP contribution in [-0.4, -0.2) is 59.6 Å². The molecular weight excluding hydrogens is 192 g/mol. The molecule has 2 fully saturated rings. The number of nitrogens with zero attached hydrogens (tertiary/aromatic N) is 2. The van der Waals surface area contributed by atoms with Crippen LogP contribution >= 0.6 is 0 Å². The molecule has 1 amide bonds. The smallest absolute Gasteiger partial charge is 0.236 e. The summed E-state index contributed by atoms with van der Waals surface area (Å²) in [5.41, 5.74) is 0. The van der Waals surface area contributed by atoms with Crippen molar-refractivity contribution in [3.63, 3.8) is 0 Å². The van der Waals surface area contributed by atoms with Crippen molar-refractivity contribution in [1.82, 2.24) is 9.80 Å². The molecule has 2 rings (SSSR count). The van der Waals surface area contributed by atoms with E-state index < -0.39 is 0 Å². The normalized spacial score (nSPS) is 32.5. The van der Waals surface area contributed by atoms with Gasteiger partial charge in [0, 0.05) is 19.6 Å². The summed E-state index contributed by atoms with van der Waals surface area (Å²) in [5, 5.41) is 9.70. The van der Waals surface area contributed by atoms with Gasteiger partial charge in [0.25, 0.3) is 0 Å². The van der Waals surface area contributed by atoms with Crippen molar-refractivity contribution in [2.75, 3.05) is 32.7 Å². The van der Waals surface area contributed by atoms with E-state index in [2.05, 4.69) is 11.8 Å². The first-order valence-corrected chi connectivity index (χ1v) is 5.85. The van der Waals surface area contributed by atoms with E-state index in [0.29, 0.717) is 19.0 Å². The van der Waals surface area contributed by atoms with Crippen LogP contribution in [0.1, 0.15) is 19.8 Å². The molecule has 2 saturated heterocycles. The fraction of sp³-hybridized carbons (Fsp3) is 0.909. The van der Waals surface area contributed by atoms with E-state index in [-0.39, 0.29) is 12.0 Å². The molecule has 2 aliphatic rings. The number of aliphatic hydroxyl groups is 1. The van der Waals surface area contributed by atoms with Crippen LogP contribution in [-0.2, 0) is 4.79 Å². The second kappa shape index (κ2) is 4.49. The van der Waals surface area contributed by atoms with Gasteiger partial charge in [-0.1, -0.05) is 6.92 Å². The molecule has 4 nitrogen and oxygen atoms in total. The summed E-state index contributed by atoms with van der Waals surface area (Å²) >= 11 is 0. The van der Waals surface area contributed by atoms with E-state index in [0.717, 1.165) is 32.5 Å². The Morgan fingerprint density at radius 1 is 1.40 bits per heavy atom. The molecule has 0 aliphatic carbocycles. The molecule has 2 unspecified atom stereocenters. The molecule has 2 aliphatic heterocycles. The maximum atomic E-state index is 11.7. The van der Waals surface area contributed by atoms with Gasteiger partial charge >= 0.3 is 0 Å². The van der Waals surface area contributed by atoms with Crippen molar-refractivity contribution in [2.45, 2.75) is 25.9 Å². The van der Waals surface area contributed by atoms with Gasteiger partial charge in [-0.25, -0.2) is 0 Å². The Bertz CT molecular complexity index is 241. The van der Waals surface area contributed by atoms with E-state index in [1.165, 1.54) is 0 Å². The van der Waals surface area contributed by atoms with Crippen molar-refractivity contribution in [1.29, 1.82) is 0 Å². The van der Waals surface area contributed by atoms with Gasteiger partial charge in [0.2, 0.25) is 5.91 Å². The number of hydrogen-bond acceptors (Lipinski definition) is 3. The highest BCUT2D eigenvalue weighted by atomic mass is 16.3. The molecule has 0 radical (unpaired) electrons. The average Bonchev–Trinajstić information content (AvgIpc) is 2.08. The lowest BCUT2D eigenvalue weighted by Gasteiger charge is -2.37. The highest BCUT2D eigenvalue weighted by molar-refractivity contribution is 5.78. The Kier molecular flexibility index (Phi) is 3.26. The predicted octanol–water partition coefficient (Wildman–Crippen LogP) is -0.0786. The Balaban J connectivity index is 1.77. The first-order chi connectivity index (χ1) is 7.16. The number of carbonyl (C=O) groups excluding carboxylic acids is 1. The standard InChI is InChI=1S/C11H20N2O2/c1-9-3-6-12(7-10(9)14)8-11(15)13-4-2-5-13/h9-10,14H,2-8H2,1H3.